The lowest BCUT2D eigenvalue weighted by Crippen LogP contribution is -2.34. The van der Waals surface area contributed by atoms with Crippen LogP contribution in [0.2, 0.25) is 0 Å². The molecule has 0 saturated heterocycles. The van der Waals surface area contributed by atoms with Crippen molar-refractivity contribution < 1.29 is 19.0 Å². The molecule has 150 valence electrons. The summed E-state index contributed by atoms with van der Waals surface area (Å²) in [5.41, 5.74) is 1.24. The predicted octanol–water partition coefficient (Wildman–Crippen LogP) is 4.02. The predicted molar refractivity (Wildman–Crippen MR) is 114 cm³/mol. The Morgan fingerprint density at radius 3 is 2.46 bits per heavy atom. The molecule has 7 heteroatoms. The molecule has 2 aromatic rings. The van der Waals surface area contributed by atoms with Crippen LogP contribution in [0, 0.1) is 0 Å². The summed E-state index contributed by atoms with van der Waals surface area (Å²) in [6.45, 7) is 3.75. The summed E-state index contributed by atoms with van der Waals surface area (Å²) in [5.74, 6) is 1.14. The molecule has 0 spiro atoms. The molecule has 0 unspecified atom stereocenters. The van der Waals surface area contributed by atoms with E-state index in [1.165, 1.54) is 0 Å². The van der Waals surface area contributed by atoms with Crippen molar-refractivity contribution in [3.05, 3.63) is 54.1 Å². The fourth-order valence-corrected chi connectivity index (χ4v) is 2.49. The van der Waals surface area contributed by atoms with E-state index in [1.807, 2.05) is 24.3 Å². The SMILES string of the molecule is CCCCOc1cccc(NC(=S)NC(=O)c2ccc(OCCOC)cc2)c1. The van der Waals surface area contributed by atoms with Crippen molar-refractivity contribution in [3.8, 4) is 11.5 Å². The Morgan fingerprint density at radius 2 is 1.75 bits per heavy atom. The minimum absolute atomic E-state index is 0.219. The molecule has 0 aliphatic rings. The summed E-state index contributed by atoms with van der Waals surface area (Å²) in [7, 11) is 1.61. The molecule has 28 heavy (non-hydrogen) atoms. The summed E-state index contributed by atoms with van der Waals surface area (Å²) in [6, 6.07) is 14.3. The molecule has 0 radical (unpaired) electrons. The molecule has 0 heterocycles. The van der Waals surface area contributed by atoms with Crippen molar-refractivity contribution in [1.29, 1.82) is 0 Å². The Kier molecular flexibility index (Phi) is 9.24. The number of nitrogens with one attached hydrogen (secondary N) is 2. The monoisotopic (exact) mass is 402 g/mol. The maximum atomic E-state index is 12.3. The van der Waals surface area contributed by atoms with E-state index in [9.17, 15) is 4.79 Å². The maximum absolute atomic E-state index is 12.3. The first-order valence-electron chi connectivity index (χ1n) is 9.19. The van der Waals surface area contributed by atoms with Crippen molar-refractivity contribution in [1.82, 2.24) is 5.32 Å². The molecule has 0 atom stereocenters. The average molecular weight is 403 g/mol. The number of ether oxygens (including phenoxy) is 3. The molecule has 0 saturated carbocycles. The largest absolute Gasteiger partial charge is 0.494 e. The second-order valence-corrected chi connectivity index (χ2v) is 6.41. The second-order valence-electron chi connectivity index (χ2n) is 6.00. The van der Waals surface area contributed by atoms with Crippen LogP contribution in [0.25, 0.3) is 0 Å². The van der Waals surface area contributed by atoms with Crippen LogP contribution in [0.15, 0.2) is 48.5 Å². The fraction of sp³-hybridized carbons (Fsp3) is 0.333. The van der Waals surface area contributed by atoms with E-state index in [0.717, 1.165) is 24.3 Å². The van der Waals surface area contributed by atoms with Crippen LogP contribution in [0.3, 0.4) is 0 Å². The highest BCUT2D eigenvalue weighted by molar-refractivity contribution is 7.80. The molecule has 1 amide bonds. The van der Waals surface area contributed by atoms with Gasteiger partial charge in [0.15, 0.2) is 5.11 Å². The molecule has 0 bridgehead atoms. The van der Waals surface area contributed by atoms with Gasteiger partial charge in [-0.1, -0.05) is 19.4 Å². The lowest BCUT2D eigenvalue weighted by atomic mass is 10.2. The lowest BCUT2D eigenvalue weighted by Gasteiger charge is -2.12. The van der Waals surface area contributed by atoms with E-state index in [0.29, 0.717) is 31.1 Å². The third-order valence-electron chi connectivity index (χ3n) is 3.76. The molecule has 2 N–H and O–H groups in total. The summed E-state index contributed by atoms with van der Waals surface area (Å²) >= 11 is 5.24. The van der Waals surface area contributed by atoms with Gasteiger partial charge in [-0.2, -0.15) is 0 Å². The number of benzene rings is 2. The van der Waals surface area contributed by atoms with Gasteiger partial charge in [-0.05, 0) is 55.0 Å². The first-order valence-corrected chi connectivity index (χ1v) is 9.60. The van der Waals surface area contributed by atoms with Gasteiger partial charge in [0, 0.05) is 24.4 Å². The van der Waals surface area contributed by atoms with E-state index in [2.05, 4.69) is 17.6 Å². The Morgan fingerprint density at radius 1 is 1.00 bits per heavy atom. The highest BCUT2D eigenvalue weighted by atomic mass is 32.1. The quantitative estimate of drug-likeness (QED) is 0.462. The number of carbonyl (C=O) groups excluding carboxylic acids is 1. The summed E-state index contributed by atoms with van der Waals surface area (Å²) < 4.78 is 16.1. The smallest absolute Gasteiger partial charge is 0.257 e. The van der Waals surface area contributed by atoms with Crippen LogP contribution in [0.4, 0.5) is 5.69 Å². The van der Waals surface area contributed by atoms with E-state index < -0.39 is 0 Å². The van der Waals surface area contributed by atoms with Gasteiger partial charge in [0.2, 0.25) is 0 Å². The van der Waals surface area contributed by atoms with Gasteiger partial charge in [0.1, 0.15) is 18.1 Å². The zero-order valence-corrected chi connectivity index (χ0v) is 17.0. The fourth-order valence-electron chi connectivity index (χ4n) is 2.28. The molecular weight excluding hydrogens is 376 g/mol. The topological polar surface area (TPSA) is 68.8 Å². The van der Waals surface area contributed by atoms with E-state index in [1.54, 1.807) is 31.4 Å². The molecule has 2 aromatic carbocycles. The van der Waals surface area contributed by atoms with Gasteiger partial charge >= 0.3 is 0 Å². The molecule has 0 aliphatic heterocycles. The van der Waals surface area contributed by atoms with Crippen LogP contribution >= 0.6 is 12.2 Å². The van der Waals surface area contributed by atoms with E-state index in [-0.39, 0.29) is 11.0 Å². The highest BCUT2D eigenvalue weighted by Gasteiger charge is 2.09. The maximum Gasteiger partial charge on any atom is 0.257 e. The number of thiocarbonyl (C=S) groups is 1. The van der Waals surface area contributed by atoms with Crippen LogP contribution < -0.4 is 20.1 Å². The summed E-state index contributed by atoms with van der Waals surface area (Å²) in [4.78, 5) is 12.3. The number of carbonyl (C=O) groups is 1. The van der Waals surface area contributed by atoms with Crippen molar-refractivity contribution in [2.24, 2.45) is 0 Å². The van der Waals surface area contributed by atoms with Gasteiger partial charge in [-0.3, -0.25) is 10.1 Å². The Hall–Kier alpha value is -2.64. The minimum Gasteiger partial charge on any atom is -0.494 e. The Balaban J connectivity index is 1.85. The van der Waals surface area contributed by atoms with Gasteiger partial charge in [-0.25, -0.2) is 0 Å². The third-order valence-corrected chi connectivity index (χ3v) is 3.96. The third kappa shape index (κ3) is 7.54. The first-order chi connectivity index (χ1) is 13.6. The number of hydrogen-bond donors (Lipinski definition) is 2. The number of amides is 1. The summed E-state index contributed by atoms with van der Waals surface area (Å²) in [6.07, 6.45) is 2.08. The van der Waals surface area contributed by atoms with Crippen molar-refractivity contribution in [2.75, 3.05) is 32.2 Å². The molecule has 0 aromatic heterocycles. The number of anilines is 1. The molecule has 2 rings (SSSR count). The molecule has 0 fully saturated rings. The number of hydrogen-bond acceptors (Lipinski definition) is 5. The van der Waals surface area contributed by atoms with Crippen molar-refractivity contribution >= 4 is 28.9 Å². The normalized spacial score (nSPS) is 10.2. The van der Waals surface area contributed by atoms with Crippen LogP contribution in [0.1, 0.15) is 30.1 Å². The number of unbranched alkanes of at least 4 members (excludes halogenated alkanes) is 1. The Labute approximate surface area is 171 Å². The molecule has 0 aliphatic carbocycles. The van der Waals surface area contributed by atoms with Crippen LogP contribution in [-0.4, -0.2) is 38.0 Å². The zero-order valence-electron chi connectivity index (χ0n) is 16.2. The zero-order chi connectivity index (χ0) is 20.2. The van der Waals surface area contributed by atoms with E-state index in [4.69, 9.17) is 26.4 Å². The average Bonchev–Trinajstić information content (AvgIpc) is 2.69. The number of methoxy groups -OCH3 is 1. The summed E-state index contributed by atoms with van der Waals surface area (Å²) in [5, 5.41) is 5.89. The standard InChI is InChI=1S/C21H26N2O4S/c1-3-4-12-26-19-7-5-6-17(15-19)22-21(28)23-20(24)16-8-10-18(11-9-16)27-14-13-25-2/h5-11,15H,3-4,12-14H2,1-2H3,(H2,22,23,24,28). The molecule has 6 nitrogen and oxygen atoms in total. The van der Waals surface area contributed by atoms with Gasteiger partial charge in [-0.15, -0.1) is 0 Å². The minimum atomic E-state index is -0.295. The van der Waals surface area contributed by atoms with Gasteiger partial charge < -0.3 is 19.5 Å². The van der Waals surface area contributed by atoms with Gasteiger partial charge in [0.25, 0.3) is 5.91 Å². The van der Waals surface area contributed by atoms with Gasteiger partial charge in [0.05, 0.1) is 13.2 Å². The van der Waals surface area contributed by atoms with E-state index >= 15 is 0 Å². The van der Waals surface area contributed by atoms with Crippen LogP contribution in [0.5, 0.6) is 11.5 Å². The highest BCUT2D eigenvalue weighted by Crippen LogP contribution is 2.18. The number of rotatable bonds is 10. The second kappa shape index (κ2) is 11.9. The molecular formula is C21H26N2O4S. The van der Waals surface area contributed by atoms with Crippen molar-refractivity contribution in [2.45, 2.75) is 19.8 Å². The first kappa shape index (κ1) is 21.7. The van der Waals surface area contributed by atoms with Crippen LogP contribution in [-0.2, 0) is 4.74 Å². The Bertz CT molecular complexity index is 765. The van der Waals surface area contributed by atoms with Crippen molar-refractivity contribution in [3.63, 3.8) is 0 Å². The lowest BCUT2D eigenvalue weighted by molar-refractivity contribution is 0.0977.